The molecule has 0 unspecified atom stereocenters. The van der Waals surface area contributed by atoms with Gasteiger partial charge in [0.05, 0.1) is 5.69 Å². The van der Waals surface area contributed by atoms with Gasteiger partial charge in [0, 0.05) is 13.1 Å². The number of nitrogens with one attached hydrogen (secondary N) is 1. The Morgan fingerprint density at radius 3 is 2.70 bits per heavy atom. The van der Waals surface area contributed by atoms with E-state index < -0.39 is 0 Å². The Hall–Kier alpha value is -1.95. The highest BCUT2D eigenvalue weighted by Gasteiger charge is 2.24. The van der Waals surface area contributed by atoms with Crippen LogP contribution in [0.4, 0.5) is 5.69 Å². The summed E-state index contributed by atoms with van der Waals surface area (Å²) in [5.74, 6) is -0.199. The zero-order chi connectivity index (χ0) is 14.5. The summed E-state index contributed by atoms with van der Waals surface area (Å²) in [4.78, 5) is 14.0. The highest BCUT2D eigenvalue weighted by Crippen LogP contribution is 2.11. The predicted molar refractivity (Wildman–Crippen MR) is 84.8 cm³/mol. The third-order valence-electron chi connectivity index (χ3n) is 3.14. The van der Waals surface area contributed by atoms with E-state index in [2.05, 4.69) is 10.5 Å². The maximum Gasteiger partial charge on any atom is 0.277 e. The SMILES string of the molecule is Cc1cccc(N/N=C(\C(=O)N2CCCC2)C(N)=S)c1. The van der Waals surface area contributed by atoms with Crippen molar-refractivity contribution in [3.63, 3.8) is 0 Å². The molecule has 0 atom stereocenters. The van der Waals surface area contributed by atoms with Crippen molar-refractivity contribution in [2.75, 3.05) is 18.5 Å². The molecule has 5 nitrogen and oxygen atoms in total. The molecule has 2 rings (SSSR count). The number of nitrogens with zero attached hydrogens (tertiary/aromatic N) is 2. The molecule has 0 aliphatic carbocycles. The Morgan fingerprint density at radius 2 is 2.10 bits per heavy atom. The fourth-order valence-electron chi connectivity index (χ4n) is 2.11. The minimum atomic E-state index is -0.199. The molecule has 1 aromatic rings. The number of hydrogen-bond acceptors (Lipinski definition) is 4. The summed E-state index contributed by atoms with van der Waals surface area (Å²) in [6, 6.07) is 7.70. The van der Waals surface area contributed by atoms with Gasteiger partial charge in [-0.25, -0.2) is 0 Å². The van der Waals surface area contributed by atoms with Crippen LogP contribution in [-0.2, 0) is 4.79 Å². The van der Waals surface area contributed by atoms with Gasteiger partial charge in [-0.1, -0.05) is 24.4 Å². The lowest BCUT2D eigenvalue weighted by molar-refractivity contribution is -0.122. The predicted octanol–water partition coefficient (Wildman–Crippen LogP) is 1.67. The van der Waals surface area contributed by atoms with Gasteiger partial charge in [-0.3, -0.25) is 10.2 Å². The van der Waals surface area contributed by atoms with E-state index in [1.165, 1.54) is 0 Å². The van der Waals surface area contributed by atoms with Crippen molar-refractivity contribution in [2.45, 2.75) is 19.8 Å². The maximum atomic E-state index is 12.3. The second-order valence-corrected chi connectivity index (χ2v) is 5.25. The average molecular weight is 290 g/mol. The molecule has 1 aliphatic rings. The van der Waals surface area contributed by atoms with E-state index in [0.717, 1.165) is 37.2 Å². The summed E-state index contributed by atoms with van der Waals surface area (Å²) in [5.41, 5.74) is 10.5. The van der Waals surface area contributed by atoms with Crippen LogP contribution in [0.5, 0.6) is 0 Å². The normalized spacial score (nSPS) is 15.2. The van der Waals surface area contributed by atoms with E-state index >= 15 is 0 Å². The molecule has 3 N–H and O–H groups in total. The molecule has 1 aliphatic heterocycles. The molecule has 106 valence electrons. The fourth-order valence-corrected chi connectivity index (χ4v) is 2.25. The van der Waals surface area contributed by atoms with Gasteiger partial charge in [-0.2, -0.15) is 5.10 Å². The lowest BCUT2D eigenvalue weighted by atomic mass is 10.2. The minimum Gasteiger partial charge on any atom is -0.388 e. The highest BCUT2D eigenvalue weighted by molar-refractivity contribution is 7.82. The van der Waals surface area contributed by atoms with Gasteiger partial charge >= 0.3 is 0 Å². The number of carbonyl (C=O) groups is 1. The fraction of sp³-hybridized carbons (Fsp3) is 0.357. The standard InChI is InChI=1S/C14H18N4OS/c1-10-5-4-6-11(9-10)16-17-12(13(15)20)14(19)18-7-2-3-8-18/h4-6,9,16H,2-3,7-8H2,1H3,(H2,15,20)/b17-12-. The van der Waals surface area contributed by atoms with Crippen molar-refractivity contribution >= 4 is 34.5 Å². The number of likely N-dealkylation sites (tertiary alicyclic amines) is 1. The van der Waals surface area contributed by atoms with Crippen LogP contribution in [0.25, 0.3) is 0 Å². The second-order valence-electron chi connectivity index (χ2n) is 4.81. The third-order valence-corrected chi connectivity index (χ3v) is 3.34. The number of benzene rings is 1. The van der Waals surface area contributed by atoms with Crippen LogP contribution in [-0.4, -0.2) is 34.6 Å². The molecular formula is C14H18N4OS. The van der Waals surface area contributed by atoms with E-state index in [9.17, 15) is 4.79 Å². The smallest absolute Gasteiger partial charge is 0.277 e. The minimum absolute atomic E-state index is 0.0158. The molecule has 1 saturated heterocycles. The molecule has 0 saturated carbocycles. The number of aryl methyl sites for hydroxylation is 1. The summed E-state index contributed by atoms with van der Waals surface area (Å²) < 4.78 is 0. The van der Waals surface area contributed by atoms with Crippen molar-refractivity contribution in [3.8, 4) is 0 Å². The quantitative estimate of drug-likeness (QED) is 0.503. The molecule has 0 aromatic heterocycles. The first-order valence-corrected chi connectivity index (χ1v) is 6.98. The number of rotatable bonds is 4. The Morgan fingerprint density at radius 1 is 1.40 bits per heavy atom. The van der Waals surface area contributed by atoms with E-state index in [-0.39, 0.29) is 16.6 Å². The number of amides is 1. The number of hydrazone groups is 1. The van der Waals surface area contributed by atoms with E-state index in [0.29, 0.717) is 0 Å². The Balaban J connectivity index is 2.13. The number of hydrogen-bond donors (Lipinski definition) is 2. The first kappa shape index (κ1) is 14.5. The third kappa shape index (κ3) is 3.54. The molecular weight excluding hydrogens is 272 g/mol. The topological polar surface area (TPSA) is 70.7 Å². The molecule has 6 heteroatoms. The zero-order valence-electron chi connectivity index (χ0n) is 11.4. The summed E-state index contributed by atoms with van der Waals surface area (Å²) >= 11 is 4.93. The molecule has 20 heavy (non-hydrogen) atoms. The van der Waals surface area contributed by atoms with Crippen LogP contribution in [0.2, 0.25) is 0 Å². The molecule has 1 heterocycles. The maximum absolute atomic E-state index is 12.3. The number of thiocarbonyl (C=S) groups is 1. The first-order valence-electron chi connectivity index (χ1n) is 6.57. The molecule has 0 spiro atoms. The highest BCUT2D eigenvalue weighted by atomic mass is 32.1. The van der Waals surface area contributed by atoms with Crippen molar-refractivity contribution in [1.29, 1.82) is 0 Å². The Kier molecular flexibility index (Phi) is 4.68. The number of carbonyl (C=O) groups excluding carboxylic acids is 1. The van der Waals surface area contributed by atoms with Gasteiger partial charge in [0.1, 0.15) is 4.99 Å². The molecule has 0 radical (unpaired) electrons. The van der Waals surface area contributed by atoms with Crippen LogP contribution in [0, 0.1) is 6.92 Å². The summed E-state index contributed by atoms with van der Waals surface area (Å²) in [5, 5.41) is 4.09. The van der Waals surface area contributed by atoms with E-state index in [1.54, 1.807) is 4.90 Å². The van der Waals surface area contributed by atoms with Crippen molar-refractivity contribution < 1.29 is 4.79 Å². The van der Waals surface area contributed by atoms with Gasteiger partial charge in [0.25, 0.3) is 5.91 Å². The molecule has 1 fully saturated rings. The summed E-state index contributed by atoms with van der Waals surface area (Å²) in [6.45, 7) is 3.47. The molecule has 1 amide bonds. The van der Waals surface area contributed by atoms with Crippen LogP contribution >= 0.6 is 12.2 Å². The van der Waals surface area contributed by atoms with E-state index in [1.807, 2.05) is 31.2 Å². The zero-order valence-corrected chi connectivity index (χ0v) is 12.2. The van der Waals surface area contributed by atoms with Gasteiger partial charge in [-0.05, 0) is 37.5 Å². The lowest BCUT2D eigenvalue weighted by Crippen LogP contribution is -2.40. The van der Waals surface area contributed by atoms with Gasteiger partial charge < -0.3 is 10.6 Å². The van der Waals surface area contributed by atoms with Crippen molar-refractivity contribution in [1.82, 2.24) is 4.90 Å². The van der Waals surface area contributed by atoms with Crippen LogP contribution < -0.4 is 11.2 Å². The van der Waals surface area contributed by atoms with Gasteiger partial charge in [0.2, 0.25) is 0 Å². The molecule has 0 bridgehead atoms. The van der Waals surface area contributed by atoms with Crippen LogP contribution in [0.3, 0.4) is 0 Å². The Labute approximate surface area is 123 Å². The average Bonchev–Trinajstić information content (AvgIpc) is 2.92. The van der Waals surface area contributed by atoms with Crippen LogP contribution in [0.15, 0.2) is 29.4 Å². The Bertz CT molecular complexity index is 550. The summed E-state index contributed by atoms with van der Waals surface area (Å²) in [7, 11) is 0. The first-order chi connectivity index (χ1) is 9.58. The van der Waals surface area contributed by atoms with Gasteiger partial charge in [-0.15, -0.1) is 0 Å². The van der Waals surface area contributed by atoms with Crippen LogP contribution in [0.1, 0.15) is 18.4 Å². The van der Waals surface area contributed by atoms with Crippen molar-refractivity contribution in [3.05, 3.63) is 29.8 Å². The largest absolute Gasteiger partial charge is 0.388 e. The van der Waals surface area contributed by atoms with Gasteiger partial charge in [0.15, 0.2) is 5.71 Å². The van der Waals surface area contributed by atoms with Crippen molar-refractivity contribution in [2.24, 2.45) is 10.8 Å². The monoisotopic (exact) mass is 290 g/mol. The van der Waals surface area contributed by atoms with E-state index in [4.69, 9.17) is 18.0 Å². The number of nitrogens with two attached hydrogens (primary N) is 1. The lowest BCUT2D eigenvalue weighted by Gasteiger charge is -2.16. The molecule has 1 aromatic carbocycles. The number of anilines is 1. The second kappa shape index (κ2) is 6.47. The summed E-state index contributed by atoms with van der Waals surface area (Å²) in [6.07, 6.45) is 2.03.